The van der Waals surface area contributed by atoms with E-state index in [9.17, 15) is 14.4 Å². The quantitative estimate of drug-likeness (QED) is 0.754. The summed E-state index contributed by atoms with van der Waals surface area (Å²) in [5.41, 5.74) is 0.686. The Labute approximate surface area is 146 Å². The molecule has 1 atom stereocenters. The van der Waals surface area contributed by atoms with Crippen molar-refractivity contribution in [3.8, 4) is 6.07 Å². The number of ether oxygens (including phenoxy) is 2. The van der Waals surface area contributed by atoms with Gasteiger partial charge in [0, 0.05) is 6.54 Å². The Hall–Kier alpha value is -2.88. The predicted molar refractivity (Wildman–Crippen MR) is 87.4 cm³/mol. The normalized spacial score (nSPS) is 16.6. The van der Waals surface area contributed by atoms with Gasteiger partial charge in [0.15, 0.2) is 6.61 Å². The fourth-order valence-corrected chi connectivity index (χ4v) is 2.69. The summed E-state index contributed by atoms with van der Waals surface area (Å²) in [6.07, 6.45) is 2.19. The van der Waals surface area contributed by atoms with E-state index < -0.39 is 30.5 Å². The summed E-state index contributed by atoms with van der Waals surface area (Å²) < 4.78 is 10.1. The van der Waals surface area contributed by atoms with Crippen LogP contribution in [0.2, 0.25) is 0 Å². The molecule has 1 aromatic carbocycles. The predicted octanol–water partition coefficient (Wildman–Crippen LogP) is 1.66. The van der Waals surface area contributed by atoms with Gasteiger partial charge in [-0.05, 0) is 50.5 Å². The van der Waals surface area contributed by atoms with E-state index in [0.29, 0.717) is 18.5 Å². The minimum atomic E-state index is -0.650. The maximum absolute atomic E-state index is 12.4. The van der Waals surface area contributed by atoms with Crippen LogP contribution in [0.1, 0.15) is 42.1 Å². The third kappa shape index (κ3) is 4.80. The number of nitrogens with zero attached hydrogens (tertiary/aromatic N) is 2. The number of rotatable bonds is 5. The number of esters is 2. The molecule has 7 heteroatoms. The van der Waals surface area contributed by atoms with Gasteiger partial charge in [0.05, 0.1) is 23.8 Å². The Morgan fingerprint density at radius 2 is 1.92 bits per heavy atom. The number of carbonyl (C=O) groups excluding carboxylic acids is 3. The molecule has 0 radical (unpaired) electrons. The molecular formula is C18H20N2O5. The van der Waals surface area contributed by atoms with Crippen molar-refractivity contribution in [2.75, 3.05) is 19.8 Å². The van der Waals surface area contributed by atoms with Gasteiger partial charge < -0.3 is 14.4 Å². The highest BCUT2D eigenvalue weighted by molar-refractivity contribution is 5.92. The van der Waals surface area contributed by atoms with Gasteiger partial charge in [0.25, 0.3) is 5.91 Å². The first-order chi connectivity index (χ1) is 12.1. The molecule has 132 valence electrons. The van der Waals surface area contributed by atoms with Gasteiger partial charge in [-0.2, -0.15) is 5.26 Å². The van der Waals surface area contributed by atoms with Crippen LogP contribution in [0.3, 0.4) is 0 Å². The lowest BCUT2D eigenvalue weighted by Gasteiger charge is -2.33. The molecule has 0 aromatic heterocycles. The summed E-state index contributed by atoms with van der Waals surface area (Å²) in [5.74, 6) is -1.49. The van der Waals surface area contributed by atoms with Gasteiger partial charge in [-0.1, -0.05) is 0 Å². The summed E-state index contributed by atoms with van der Waals surface area (Å²) in [7, 11) is 0. The molecule has 0 saturated carbocycles. The second-order valence-electron chi connectivity index (χ2n) is 5.62. The van der Waals surface area contributed by atoms with E-state index in [-0.39, 0.29) is 12.2 Å². The minimum absolute atomic E-state index is 0.255. The van der Waals surface area contributed by atoms with E-state index in [1.807, 2.05) is 6.07 Å². The van der Waals surface area contributed by atoms with Crippen LogP contribution in [-0.2, 0) is 19.1 Å². The van der Waals surface area contributed by atoms with Crippen molar-refractivity contribution in [1.82, 2.24) is 4.90 Å². The number of hydrogen-bond donors (Lipinski definition) is 0. The van der Waals surface area contributed by atoms with Crippen molar-refractivity contribution in [2.24, 2.45) is 0 Å². The summed E-state index contributed by atoms with van der Waals surface area (Å²) in [4.78, 5) is 37.7. The van der Waals surface area contributed by atoms with Crippen LogP contribution in [0.15, 0.2) is 24.3 Å². The van der Waals surface area contributed by atoms with Gasteiger partial charge in [-0.3, -0.25) is 4.79 Å². The molecule has 25 heavy (non-hydrogen) atoms. The smallest absolute Gasteiger partial charge is 0.338 e. The van der Waals surface area contributed by atoms with Crippen LogP contribution < -0.4 is 0 Å². The van der Waals surface area contributed by atoms with Crippen molar-refractivity contribution in [3.63, 3.8) is 0 Å². The lowest BCUT2D eigenvalue weighted by atomic mass is 10.0. The molecule has 1 aromatic rings. The fourth-order valence-electron chi connectivity index (χ4n) is 2.69. The van der Waals surface area contributed by atoms with Crippen molar-refractivity contribution in [2.45, 2.75) is 32.2 Å². The summed E-state index contributed by atoms with van der Waals surface area (Å²) in [5, 5.41) is 8.74. The molecule has 1 aliphatic rings. The molecule has 1 aliphatic heterocycles. The lowest BCUT2D eigenvalue weighted by Crippen LogP contribution is -2.50. The maximum atomic E-state index is 12.4. The number of hydrogen-bond acceptors (Lipinski definition) is 6. The van der Waals surface area contributed by atoms with Crippen LogP contribution in [0.5, 0.6) is 0 Å². The van der Waals surface area contributed by atoms with Crippen LogP contribution >= 0.6 is 0 Å². The molecular weight excluding hydrogens is 324 g/mol. The summed E-state index contributed by atoms with van der Waals surface area (Å²) in [6.45, 7) is 1.97. The summed E-state index contributed by atoms with van der Waals surface area (Å²) in [6, 6.07) is 7.27. The molecule has 0 aliphatic carbocycles. The Kier molecular flexibility index (Phi) is 6.52. The number of benzene rings is 1. The van der Waals surface area contributed by atoms with Gasteiger partial charge >= 0.3 is 11.9 Å². The molecule has 0 spiro atoms. The third-order valence-corrected chi connectivity index (χ3v) is 3.96. The van der Waals surface area contributed by atoms with Gasteiger partial charge in [-0.25, -0.2) is 9.59 Å². The van der Waals surface area contributed by atoms with Crippen LogP contribution in [-0.4, -0.2) is 48.5 Å². The molecule has 1 unspecified atom stereocenters. The Bertz CT molecular complexity index is 678. The van der Waals surface area contributed by atoms with E-state index in [1.54, 1.807) is 6.92 Å². The molecule has 7 nitrogen and oxygen atoms in total. The van der Waals surface area contributed by atoms with Crippen molar-refractivity contribution in [3.05, 3.63) is 35.4 Å². The average molecular weight is 344 g/mol. The van der Waals surface area contributed by atoms with E-state index in [0.717, 1.165) is 12.8 Å². The first-order valence-corrected chi connectivity index (χ1v) is 8.20. The van der Waals surface area contributed by atoms with Crippen molar-refractivity contribution >= 4 is 17.8 Å². The highest BCUT2D eigenvalue weighted by atomic mass is 16.5. The Morgan fingerprint density at radius 3 is 2.56 bits per heavy atom. The molecule has 2 rings (SSSR count). The Morgan fingerprint density at radius 1 is 1.20 bits per heavy atom. The number of likely N-dealkylation sites (tertiary alicyclic amines) is 1. The molecule has 1 heterocycles. The molecule has 1 amide bonds. The zero-order valence-corrected chi connectivity index (χ0v) is 14.1. The molecule has 1 saturated heterocycles. The monoisotopic (exact) mass is 344 g/mol. The third-order valence-electron chi connectivity index (χ3n) is 3.96. The maximum Gasteiger partial charge on any atom is 0.338 e. The second-order valence-corrected chi connectivity index (χ2v) is 5.62. The summed E-state index contributed by atoms with van der Waals surface area (Å²) >= 11 is 0. The van der Waals surface area contributed by atoms with Crippen LogP contribution in [0.4, 0.5) is 0 Å². The first kappa shape index (κ1) is 18.5. The van der Waals surface area contributed by atoms with Gasteiger partial charge in [0.2, 0.25) is 0 Å². The van der Waals surface area contributed by atoms with Crippen molar-refractivity contribution in [1.29, 1.82) is 5.26 Å². The molecule has 0 bridgehead atoms. The molecule has 1 fully saturated rings. The zero-order chi connectivity index (χ0) is 18.2. The Balaban J connectivity index is 1.94. The van der Waals surface area contributed by atoms with E-state index >= 15 is 0 Å². The fraction of sp³-hybridized carbons (Fsp3) is 0.444. The van der Waals surface area contributed by atoms with Crippen LogP contribution in [0, 0.1) is 11.3 Å². The molecule has 0 N–H and O–H groups in total. The van der Waals surface area contributed by atoms with E-state index in [1.165, 1.54) is 29.2 Å². The van der Waals surface area contributed by atoms with E-state index in [4.69, 9.17) is 14.7 Å². The largest absolute Gasteiger partial charge is 0.464 e. The number of carbonyl (C=O) groups is 3. The number of piperidine rings is 1. The SMILES string of the molecule is CCOC(=O)C1CCCCN1C(=O)COC(=O)c1ccc(C#N)cc1. The number of amides is 1. The highest BCUT2D eigenvalue weighted by Gasteiger charge is 2.33. The highest BCUT2D eigenvalue weighted by Crippen LogP contribution is 2.18. The number of nitriles is 1. The van der Waals surface area contributed by atoms with Gasteiger partial charge in [-0.15, -0.1) is 0 Å². The van der Waals surface area contributed by atoms with Gasteiger partial charge in [0.1, 0.15) is 6.04 Å². The average Bonchev–Trinajstić information content (AvgIpc) is 2.66. The van der Waals surface area contributed by atoms with E-state index in [2.05, 4.69) is 0 Å². The zero-order valence-electron chi connectivity index (χ0n) is 14.1. The second kappa shape index (κ2) is 8.83. The first-order valence-electron chi connectivity index (χ1n) is 8.20. The lowest BCUT2D eigenvalue weighted by molar-refractivity contribution is -0.157. The van der Waals surface area contributed by atoms with Crippen LogP contribution in [0.25, 0.3) is 0 Å². The minimum Gasteiger partial charge on any atom is -0.464 e. The topological polar surface area (TPSA) is 96.7 Å². The standard InChI is InChI=1S/C18H20N2O5/c1-2-24-18(23)15-5-3-4-10-20(15)16(21)12-25-17(22)14-8-6-13(11-19)7-9-14/h6-9,15H,2-5,10,12H2,1H3. The van der Waals surface area contributed by atoms with Crippen molar-refractivity contribution < 1.29 is 23.9 Å².